The van der Waals surface area contributed by atoms with Crippen molar-refractivity contribution in [1.82, 2.24) is 19.7 Å². The van der Waals surface area contributed by atoms with Gasteiger partial charge in [-0.1, -0.05) is 48.9 Å². The van der Waals surface area contributed by atoms with E-state index < -0.39 is 12.3 Å². The third kappa shape index (κ3) is 6.90. The largest absolute Gasteiger partial charge is 0.466 e. The standard InChI is InChI=1S/C28H27ClF3N5O3/c1-4-39-26(38)16(2)13-18-5-7-19(8-6-18)22-15-24(35-27(33)34-22)40-25(28(30,31)32)21-10-9-20(29)14-23(21)37-12-11-17(3)36-37/h5-12,14-16,25H,4,13H2,1-3H3,(H2,33,34,35). The van der Waals surface area contributed by atoms with Gasteiger partial charge in [-0.2, -0.15) is 23.3 Å². The summed E-state index contributed by atoms with van der Waals surface area (Å²) in [4.78, 5) is 20.0. The van der Waals surface area contributed by atoms with Crippen molar-refractivity contribution in [3.63, 3.8) is 0 Å². The molecule has 2 atom stereocenters. The molecule has 2 N–H and O–H groups in total. The average molecular weight is 574 g/mol. The first-order valence-electron chi connectivity index (χ1n) is 12.4. The number of alkyl halides is 3. The van der Waals surface area contributed by atoms with Crippen LogP contribution in [0, 0.1) is 12.8 Å². The van der Waals surface area contributed by atoms with E-state index in [2.05, 4.69) is 15.1 Å². The number of esters is 1. The number of rotatable bonds is 9. The number of carbonyl (C=O) groups excluding carboxylic acids is 1. The summed E-state index contributed by atoms with van der Waals surface area (Å²) in [6, 6.07) is 14.0. The molecule has 2 aromatic carbocycles. The zero-order valence-corrected chi connectivity index (χ0v) is 22.7. The van der Waals surface area contributed by atoms with E-state index in [-0.39, 0.29) is 45.7 Å². The van der Waals surface area contributed by atoms with Gasteiger partial charge in [0.2, 0.25) is 17.9 Å². The molecule has 2 aromatic heterocycles. The van der Waals surface area contributed by atoms with E-state index >= 15 is 0 Å². The summed E-state index contributed by atoms with van der Waals surface area (Å²) < 4.78 is 54.9. The third-order valence-corrected chi connectivity index (χ3v) is 6.22. The zero-order chi connectivity index (χ0) is 29.0. The summed E-state index contributed by atoms with van der Waals surface area (Å²) in [5.41, 5.74) is 8.10. The maximum Gasteiger partial charge on any atom is 0.429 e. The molecular weight excluding hydrogens is 547 g/mol. The number of anilines is 1. The number of aryl methyl sites for hydroxylation is 1. The van der Waals surface area contributed by atoms with Crippen LogP contribution in [0.15, 0.2) is 60.8 Å². The Morgan fingerprint density at radius 1 is 1.10 bits per heavy atom. The molecule has 0 saturated heterocycles. The fourth-order valence-electron chi connectivity index (χ4n) is 4.10. The van der Waals surface area contributed by atoms with Crippen molar-refractivity contribution in [2.75, 3.05) is 12.3 Å². The zero-order valence-electron chi connectivity index (χ0n) is 21.9. The molecule has 0 aliphatic heterocycles. The summed E-state index contributed by atoms with van der Waals surface area (Å²) in [6.07, 6.45) is -5.22. The highest BCUT2D eigenvalue weighted by Crippen LogP contribution is 2.40. The quantitative estimate of drug-likeness (QED) is 0.234. The fraction of sp³-hybridized carbons (Fsp3) is 0.286. The first-order valence-corrected chi connectivity index (χ1v) is 12.8. The number of nitrogen functional groups attached to an aromatic ring is 1. The molecule has 0 amide bonds. The van der Waals surface area contributed by atoms with Crippen LogP contribution in [-0.2, 0) is 16.0 Å². The normalized spacial score (nSPS) is 13.1. The first kappa shape index (κ1) is 28.9. The lowest BCUT2D eigenvalue weighted by Gasteiger charge is -2.24. The molecule has 0 saturated carbocycles. The predicted molar refractivity (Wildman–Crippen MR) is 144 cm³/mol. The van der Waals surface area contributed by atoms with E-state index in [4.69, 9.17) is 26.8 Å². The Hall–Kier alpha value is -4.12. The van der Waals surface area contributed by atoms with Crippen LogP contribution in [-0.4, -0.2) is 38.5 Å². The van der Waals surface area contributed by atoms with E-state index in [1.165, 1.54) is 35.1 Å². The van der Waals surface area contributed by atoms with E-state index in [0.717, 1.165) is 5.56 Å². The van der Waals surface area contributed by atoms with Crippen molar-refractivity contribution >= 4 is 23.5 Å². The van der Waals surface area contributed by atoms with Crippen molar-refractivity contribution in [1.29, 1.82) is 0 Å². The molecule has 0 radical (unpaired) electrons. The van der Waals surface area contributed by atoms with Crippen LogP contribution in [0.25, 0.3) is 16.9 Å². The molecule has 4 rings (SSSR count). The lowest BCUT2D eigenvalue weighted by atomic mass is 9.99. The Morgan fingerprint density at radius 3 is 2.45 bits per heavy atom. The van der Waals surface area contributed by atoms with Crippen molar-refractivity contribution in [2.24, 2.45) is 5.92 Å². The number of hydrogen-bond donors (Lipinski definition) is 1. The lowest BCUT2D eigenvalue weighted by molar-refractivity contribution is -0.198. The van der Waals surface area contributed by atoms with E-state index in [9.17, 15) is 18.0 Å². The number of halogens is 4. The van der Waals surface area contributed by atoms with Gasteiger partial charge in [0.25, 0.3) is 0 Å². The highest BCUT2D eigenvalue weighted by Gasteiger charge is 2.45. The monoisotopic (exact) mass is 573 g/mol. The Morgan fingerprint density at radius 2 is 1.82 bits per heavy atom. The predicted octanol–water partition coefficient (Wildman–Crippen LogP) is 6.30. The van der Waals surface area contributed by atoms with Gasteiger partial charge in [-0.25, -0.2) is 9.67 Å². The van der Waals surface area contributed by atoms with Crippen LogP contribution in [0.1, 0.15) is 36.8 Å². The van der Waals surface area contributed by atoms with Gasteiger partial charge in [0.1, 0.15) is 0 Å². The summed E-state index contributed by atoms with van der Waals surface area (Å²) in [7, 11) is 0. The third-order valence-electron chi connectivity index (χ3n) is 5.98. The highest BCUT2D eigenvalue weighted by atomic mass is 35.5. The number of nitrogens with two attached hydrogens (primary N) is 1. The molecule has 210 valence electrons. The van der Waals surface area contributed by atoms with Gasteiger partial charge >= 0.3 is 12.1 Å². The Bertz CT molecular complexity index is 1490. The second kappa shape index (κ2) is 12.0. The van der Waals surface area contributed by atoms with Crippen LogP contribution < -0.4 is 10.5 Å². The van der Waals surface area contributed by atoms with Gasteiger partial charge in [-0.15, -0.1) is 0 Å². The van der Waals surface area contributed by atoms with Gasteiger partial charge in [0.15, 0.2) is 0 Å². The van der Waals surface area contributed by atoms with Gasteiger partial charge in [-0.3, -0.25) is 4.79 Å². The van der Waals surface area contributed by atoms with Gasteiger partial charge < -0.3 is 15.2 Å². The number of ether oxygens (including phenoxy) is 2. The Labute approximate surface area is 233 Å². The molecule has 2 unspecified atom stereocenters. The molecule has 12 heteroatoms. The minimum atomic E-state index is -4.82. The number of carbonyl (C=O) groups is 1. The molecule has 8 nitrogen and oxygen atoms in total. The molecular formula is C28H27ClF3N5O3. The number of aromatic nitrogens is 4. The van der Waals surface area contributed by atoms with Crippen LogP contribution in [0.3, 0.4) is 0 Å². The number of benzene rings is 2. The smallest absolute Gasteiger partial charge is 0.429 e. The summed E-state index contributed by atoms with van der Waals surface area (Å²) in [5, 5.41) is 4.47. The van der Waals surface area contributed by atoms with E-state index in [1.807, 2.05) is 0 Å². The summed E-state index contributed by atoms with van der Waals surface area (Å²) in [5.74, 6) is -1.24. The first-order chi connectivity index (χ1) is 18.9. The van der Waals surface area contributed by atoms with Crippen LogP contribution in [0.5, 0.6) is 5.88 Å². The molecule has 4 aromatic rings. The van der Waals surface area contributed by atoms with Crippen LogP contribution in [0.2, 0.25) is 5.02 Å². The van der Waals surface area contributed by atoms with Gasteiger partial charge in [0.05, 0.1) is 29.6 Å². The Kier molecular flexibility index (Phi) is 8.63. The minimum absolute atomic E-state index is 0.109. The fourth-order valence-corrected chi connectivity index (χ4v) is 4.26. The molecule has 40 heavy (non-hydrogen) atoms. The Balaban J connectivity index is 1.64. The van der Waals surface area contributed by atoms with Crippen molar-refractivity contribution < 1.29 is 27.4 Å². The molecule has 2 heterocycles. The molecule has 0 fully saturated rings. The van der Waals surface area contributed by atoms with Crippen molar-refractivity contribution in [2.45, 2.75) is 39.5 Å². The maximum atomic E-state index is 14.4. The van der Waals surface area contributed by atoms with Crippen molar-refractivity contribution in [3.8, 4) is 22.8 Å². The topological polar surface area (TPSA) is 105 Å². The van der Waals surface area contributed by atoms with E-state index in [0.29, 0.717) is 24.3 Å². The van der Waals surface area contributed by atoms with Crippen LogP contribution >= 0.6 is 11.6 Å². The summed E-state index contributed by atoms with van der Waals surface area (Å²) >= 11 is 6.11. The van der Waals surface area contributed by atoms with Crippen LogP contribution in [0.4, 0.5) is 19.1 Å². The highest BCUT2D eigenvalue weighted by molar-refractivity contribution is 6.30. The summed E-state index contributed by atoms with van der Waals surface area (Å²) in [6.45, 7) is 5.55. The SMILES string of the molecule is CCOC(=O)C(C)Cc1ccc(-c2cc(OC(c3ccc(Cl)cc3-n3ccc(C)n3)C(F)(F)F)nc(N)n2)cc1. The van der Waals surface area contributed by atoms with Gasteiger partial charge in [-0.05, 0) is 44.0 Å². The molecule has 0 bridgehead atoms. The second-order valence-corrected chi connectivity index (χ2v) is 9.58. The molecule has 0 aliphatic rings. The van der Waals surface area contributed by atoms with E-state index in [1.54, 1.807) is 51.1 Å². The van der Waals surface area contributed by atoms with Gasteiger partial charge in [0, 0.05) is 28.4 Å². The number of nitrogens with zero attached hydrogens (tertiary/aromatic N) is 4. The lowest BCUT2D eigenvalue weighted by Crippen LogP contribution is -2.28. The second-order valence-electron chi connectivity index (χ2n) is 9.15. The maximum absolute atomic E-state index is 14.4. The molecule has 0 aliphatic carbocycles. The minimum Gasteiger partial charge on any atom is -0.466 e. The number of hydrogen-bond acceptors (Lipinski definition) is 7. The molecule has 0 spiro atoms. The average Bonchev–Trinajstić information content (AvgIpc) is 3.33. The van der Waals surface area contributed by atoms with Crippen molar-refractivity contribution in [3.05, 3.63) is 82.6 Å².